The van der Waals surface area contributed by atoms with E-state index in [-0.39, 0.29) is 0 Å². The normalized spacial score (nSPS) is 12.0. The lowest BCUT2D eigenvalue weighted by Gasteiger charge is -2.15. The van der Waals surface area contributed by atoms with Gasteiger partial charge in [-0.25, -0.2) is 0 Å². The molecule has 3 heteroatoms. The van der Waals surface area contributed by atoms with Crippen molar-refractivity contribution in [1.82, 2.24) is 0 Å². The predicted octanol–water partition coefficient (Wildman–Crippen LogP) is 3.09. The first-order valence-corrected chi connectivity index (χ1v) is 5.74. The molecule has 0 aliphatic heterocycles. The summed E-state index contributed by atoms with van der Waals surface area (Å²) in [7, 11) is 1.60. The van der Waals surface area contributed by atoms with Crippen molar-refractivity contribution < 1.29 is 14.6 Å². The van der Waals surface area contributed by atoms with Gasteiger partial charge in [0.05, 0.1) is 13.2 Å². The zero-order valence-corrected chi connectivity index (χ0v) is 10.7. The van der Waals surface area contributed by atoms with E-state index in [0.717, 1.165) is 17.6 Å². The fourth-order valence-electron chi connectivity index (χ4n) is 1.39. The third-order valence-electron chi connectivity index (χ3n) is 2.60. The molecule has 0 heterocycles. The Morgan fingerprint density at radius 1 is 1.47 bits per heavy atom. The second-order valence-electron chi connectivity index (χ2n) is 3.97. The highest BCUT2D eigenvalue weighted by Crippen LogP contribution is 2.29. The maximum Gasteiger partial charge on any atom is 0.129 e. The Hall–Kier alpha value is -1.48. The van der Waals surface area contributed by atoms with Gasteiger partial charge in [-0.1, -0.05) is 13.5 Å². The van der Waals surface area contributed by atoms with Crippen LogP contribution in [0.25, 0.3) is 0 Å². The van der Waals surface area contributed by atoms with Crippen LogP contribution in [0, 0.1) is 0 Å². The molecule has 1 rings (SSSR count). The third-order valence-corrected chi connectivity index (χ3v) is 2.60. The van der Waals surface area contributed by atoms with Gasteiger partial charge in [0.15, 0.2) is 0 Å². The van der Waals surface area contributed by atoms with Crippen LogP contribution in [0.1, 0.15) is 31.9 Å². The Morgan fingerprint density at radius 2 is 2.18 bits per heavy atom. The minimum Gasteiger partial charge on any atom is -0.497 e. The van der Waals surface area contributed by atoms with Crippen molar-refractivity contribution in [3.05, 3.63) is 35.9 Å². The van der Waals surface area contributed by atoms with E-state index < -0.39 is 6.10 Å². The summed E-state index contributed by atoms with van der Waals surface area (Å²) in [5.74, 6) is 1.36. The molecule has 0 aliphatic carbocycles. The summed E-state index contributed by atoms with van der Waals surface area (Å²) in [6, 6.07) is 5.40. The summed E-state index contributed by atoms with van der Waals surface area (Å²) in [6.07, 6.45) is 0.319. The molecule has 3 nitrogen and oxygen atoms in total. The first kappa shape index (κ1) is 13.6. The number of benzene rings is 1. The van der Waals surface area contributed by atoms with Crippen molar-refractivity contribution >= 4 is 0 Å². The molecule has 1 unspecified atom stereocenters. The van der Waals surface area contributed by atoms with Crippen molar-refractivity contribution in [2.75, 3.05) is 13.7 Å². The van der Waals surface area contributed by atoms with Crippen molar-refractivity contribution in [3.63, 3.8) is 0 Å². The molecule has 0 fully saturated rings. The Labute approximate surface area is 103 Å². The minimum atomic E-state index is -0.564. The van der Waals surface area contributed by atoms with E-state index in [0.29, 0.717) is 18.1 Å². The standard InChI is InChI=1S/C14H20O3/c1-5-10(2)9-17-14-8-12(16-4)6-7-13(14)11(3)15/h6-8,11,15H,2,5,9H2,1,3-4H3. The lowest BCUT2D eigenvalue weighted by atomic mass is 10.1. The Bertz CT molecular complexity index is 383. The molecule has 0 aliphatic rings. The maximum absolute atomic E-state index is 9.65. The van der Waals surface area contributed by atoms with E-state index in [1.54, 1.807) is 20.1 Å². The van der Waals surface area contributed by atoms with Gasteiger partial charge in [-0.05, 0) is 31.1 Å². The van der Waals surface area contributed by atoms with Crippen molar-refractivity contribution in [1.29, 1.82) is 0 Å². The zero-order valence-electron chi connectivity index (χ0n) is 10.7. The molecule has 0 bridgehead atoms. The molecule has 94 valence electrons. The Kier molecular flexibility index (Phi) is 5.04. The summed E-state index contributed by atoms with van der Waals surface area (Å²) in [6.45, 7) is 8.09. The van der Waals surface area contributed by atoms with Crippen LogP contribution >= 0.6 is 0 Å². The molecule has 17 heavy (non-hydrogen) atoms. The number of aliphatic hydroxyl groups is 1. The monoisotopic (exact) mass is 236 g/mol. The van der Waals surface area contributed by atoms with E-state index in [2.05, 4.69) is 6.58 Å². The zero-order chi connectivity index (χ0) is 12.8. The van der Waals surface area contributed by atoms with Crippen molar-refractivity contribution in [2.45, 2.75) is 26.4 Å². The molecular weight excluding hydrogens is 216 g/mol. The van der Waals surface area contributed by atoms with Crippen LogP contribution in [0.3, 0.4) is 0 Å². The quantitative estimate of drug-likeness (QED) is 0.771. The van der Waals surface area contributed by atoms with Crippen LogP contribution in [0.5, 0.6) is 11.5 Å². The molecule has 1 aromatic carbocycles. The van der Waals surface area contributed by atoms with E-state index in [1.807, 2.05) is 19.1 Å². The SMILES string of the molecule is C=C(CC)COc1cc(OC)ccc1C(C)O. The molecule has 0 saturated carbocycles. The number of aliphatic hydroxyl groups excluding tert-OH is 1. The van der Waals surface area contributed by atoms with E-state index in [1.165, 1.54) is 0 Å². The van der Waals surface area contributed by atoms with Crippen LogP contribution in [0.2, 0.25) is 0 Å². The first-order chi connectivity index (χ1) is 8.08. The fraction of sp³-hybridized carbons (Fsp3) is 0.429. The highest BCUT2D eigenvalue weighted by molar-refractivity contribution is 5.42. The van der Waals surface area contributed by atoms with Crippen molar-refractivity contribution in [3.8, 4) is 11.5 Å². The average molecular weight is 236 g/mol. The topological polar surface area (TPSA) is 38.7 Å². The lowest BCUT2D eigenvalue weighted by Crippen LogP contribution is -2.04. The van der Waals surface area contributed by atoms with Gasteiger partial charge >= 0.3 is 0 Å². The van der Waals surface area contributed by atoms with Crippen LogP contribution in [-0.2, 0) is 0 Å². The highest BCUT2D eigenvalue weighted by Gasteiger charge is 2.10. The highest BCUT2D eigenvalue weighted by atomic mass is 16.5. The smallest absolute Gasteiger partial charge is 0.129 e. The largest absolute Gasteiger partial charge is 0.497 e. The number of rotatable bonds is 6. The van der Waals surface area contributed by atoms with Crippen LogP contribution in [0.15, 0.2) is 30.4 Å². The number of hydrogen-bond donors (Lipinski definition) is 1. The molecule has 0 amide bonds. The van der Waals surface area contributed by atoms with Crippen LogP contribution in [0.4, 0.5) is 0 Å². The molecule has 0 aromatic heterocycles. The fourth-order valence-corrected chi connectivity index (χ4v) is 1.39. The summed E-state index contributed by atoms with van der Waals surface area (Å²) < 4.78 is 10.8. The lowest BCUT2D eigenvalue weighted by molar-refractivity contribution is 0.192. The number of methoxy groups -OCH3 is 1. The van der Waals surface area contributed by atoms with Crippen LogP contribution in [-0.4, -0.2) is 18.8 Å². The second kappa shape index (κ2) is 6.30. The van der Waals surface area contributed by atoms with Gasteiger partial charge in [-0.15, -0.1) is 0 Å². The van der Waals surface area contributed by atoms with Gasteiger partial charge in [0, 0.05) is 11.6 Å². The van der Waals surface area contributed by atoms with Gasteiger partial charge in [-0.3, -0.25) is 0 Å². The maximum atomic E-state index is 9.65. The summed E-state index contributed by atoms with van der Waals surface area (Å²) in [5, 5.41) is 9.65. The Morgan fingerprint density at radius 3 is 2.71 bits per heavy atom. The van der Waals surface area contributed by atoms with E-state index in [9.17, 15) is 5.11 Å². The van der Waals surface area contributed by atoms with Gasteiger partial charge in [0.1, 0.15) is 18.1 Å². The summed E-state index contributed by atoms with van der Waals surface area (Å²) in [5.41, 5.74) is 1.78. The van der Waals surface area contributed by atoms with Gasteiger partial charge in [-0.2, -0.15) is 0 Å². The molecule has 0 spiro atoms. The van der Waals surface area contributed by atoms with Crippen molar-refractivity contribution in [2.24, 2.45) is 0 Å². The molecule has 0 saturated heterocycles. The molecule has 1 atom stereocenters. The number of ether oxygens (including phenoxy) is 2. The minimum absolute atomic E-state index is 0.462. The molecular formula is C14H20O3. The second-order valence-corrected chi connectivity index (χ2v) is 3.97. The van der Waals surface area contributed by atoms with Gasteiger partial charge < -0.3 is 14.6 Å². The number of hydrogen-bond acceptors (Lipinski definition) is 3. The van der Waals surface area contributed by atoms with E-state index >= 15 is 0 Å². The van der Waals surface area contributed by atoms with Gasteiger partial charge in [0.2, 0.25) is 0 Å². The molecule has 1 aromatic rings. The summed E-state index contributed by atoms with van der Waals surface area (Å²) in [4.78, 5) is 0. The van der Waals surface area contributed by atoms with Gasteiger partial charge in [0.25, 0.3) is 0 Å². The first-order valence-electron chi connectivity index (χ1n) is 5.74. The third kappa shape index (κ3) is 3.79. The summed E-state index contributed by atoms with van der Waals surface area (Å²) >= 11 is 0. The predicted molar refractivity (Wildman–Crippen MR) is 68.6 cm³/mol. The molecule has 1 N–H and O–H groups in total. The van der Waals surface area contributed by atoms with E-state index in [4.69, 9.17) is 9.47 Å². The van der Waals surface area contributed by atoms with Crippen LogP contribution < -0.4 is 9.47 Å². The molecule has 0 radical (unpaired) electrons. The average Bonchev–Trinajstić information content (AvgIpc) is 2.35. The Balaban J connectivity index is 2.89.